The third kappa shape index (κ3) is 3.41. The van der Waals surface area contributed by atoms with Crippen LogP contribution in [0.4, 0.5) is 5.69 Å². The lowest BCUT2D eigenvalue weighted by Gasteiger charge is -2.36. The molecule has 1 aliphatic heterocycles. The van der Waals surface area contributed by atoms with E-state index in [2.05, 4.69) is 66.1 Å². The minimum absolute atomic E-state index is 0.978. The van der Waals surface area contributed by atoms with Gasteiger partial charge in [-0.2, -0.15) is 0 Å². The average molecular weight is 324 g/mol. The lowest BCUT2D eigenvalue weighted by atomic mass is 9.98. The van der Waals surface area contributed by atoms with Crippen molar-refractivity contribution in [3.8, 4) is 16.9 Å². The molecule has 2 aromatic rings. The van der Waals surface area contributed by atoms with Gasteiger partial charge >= 0.3 is 0 Å². The predicted octanol–water partition coefficient (Wildman–Crippen LogP) is 4.07. The first kappa shape index (κ1) is 16.8. The second kappa shape index (κ2) is 7.71. The average Bonchev–Trinajstić information content (AvgIpc) is 2.67. The van der Waals surface area contributed by atoms with E-state index in [4.69, 9.17) is 4.74 Å². The second-order valence-electron chi connectivity index (χ2n) is 6.33. The van der Waals surface area contributed by atoms with Crippen LogP contribution in [0.15, 0.2) is 42.5 Å². The maximum atomic E-state index is 5.77. The van der Waals surface area contributed by atoms with E-state index in [1.165, 1.54) is 22.4 Å². The Labute approximate surface area is 145 Å². The van der Waals surface area contributed by atoms with Crippen LogP contribution in [-0.4, -0.2) is 44.7 Å². The highest BCUT2D eigenvalue weighted by molar-refractivity contribution is 5.77. The first-order valence-electron chi connectivity index (χ1n) is 9.00. The molecule has 128 valence electrons. The molecule has 1 heterocycles. The van der Waals surface area contributed by atoms with Crippen LogP contribution >= 0.6 is 0 Å². The molecule has 0 N–H and O–H groups in total. The number of hydrogen-bond donors (Lipinski definition) is 0. The highest BCUT2D eigenvalue weighted by Crippen LogP contribution is 2.37. The van der Waals surface area contributed by atoms with Gasteiger partial charge in [0.25, 0.3) is 0 Å². The van der Waals surface area contributed by atoms with Crippen molar-refractivity contribution in [1.82, 2.24) is 4.90 Å². The molecule has 2 aromatic carbocycles. The number of nitrogens with zero attached hydrogens (tertiary/aromatic N) is 2. The van der Waals surface area contributed by atoms with Crippen molar-refractivity contribution < 1.29 is 4.74 Å². The summed E-state index contributed by atoms with van der Waals surface area (Å²) in [5.41, 5.74) is 5.03. The van der Waals surface area contributed by atoms with Gasteiger partial charge in [0, 0.05) is 37.4 Å². The molecule has 0 spiro atoms. The molecular formula is C21H28N2O. The normalized spacial score (nSPS) is 15.5. The Morgan fingerprint density at radius 3 is 2.25 bits per heavy atom. The van der Waals surface area contributed by atoms with Gasteiger partial charge in [0.2, 0.25) is 0 Å². The van der Waals surface area contributed by atoms with Crippen LogP contribution in [0.1, 0.15) is 19.4 Å². The standard InChI is InChI=1S/C21H28N2O/c1-4-17-15-19(23-13-11-22(5-2)12-14-23)16-20(21(17)24-3)18-9-7-6-8-10-18/h6-10,15-16H,4-5,11-14H2,1-3H3. The van der Waals surface area contributed by atoms with Crippen LogP contribution in [0.25, 0.3) is 11.1 Å². The fourth-order valence-corrected chi connectivity index (χ4v) is 3.51. The third-order valence-electron chi connectivity index (χ3n) is 5.01. The van der Waals surface area contributed by atoms with E-state index in [1.54, 1.807) is 7.11 Å². The lowest BCUT2D eigenvalue weighted by molar-refractivity contribution is 0.271. The summed E-state index contributed by atoms with van der Waals surface area (Å²) in [7, 11) is 1.78. The number of anilines is 1. The molecule has 0 bridgehead atoms. The summed E-state index contributed by atoms with van der Waals surface area (Å²) in [6.45, 7) is 10.1. The van der Waals surface area contributed by atoms with E-state index in [0.717, 1.165) is 44.9 Å². The van der Waals surface area contributed by atoms with Gasteiger partial charge in [-0.25, -0.2) is 0 Å². The topological polar surface area (TPSA) is 15.7 Å². The van der Waals surface area contributed by atoms with E-state index in [0.29, 0.717) is 0 Å². The molecule has 24 heavy (non-hydrogen) atoms. The minimum Gasteiger partial charge on any atom is -0.496 e. The van der Waals surface area contributed by atoms with Crippen molar-refractivity contribution in [3.63, 3.8) is 0 Å². The lowest BCUT2D eigenvalue weighted by Crippen LogP contribution is -2.46. The molecule has 0 atom stereocenters. The zero-order valence-electron chi connectivity index (χ0n) is 15.1. The largest absolute Gasteiger partial charge is 0.496 e. The maximum absolute atomic E-state index is 5.77. The van der Waals surface area contributed by atoms with Gasteiger partial charge in [-0.15, -0.1) is 0 Å². The van der Waals surface area contributed by atoms with Crippen LogP contribution in [0.3, 0.4) is 0 Å². The summed E-state index contributed by atoms with van der Waals surface area (Å²) in [4.78, 5) is 5.02. The Bertz CT molecular complexity index is 661. The second-order valence-corrected chi connectivity index (χ2v) is 6.33. The van der Waals surface area contributed by atoms with Gasteiger partial charge in [0.05, 0.1) is 7.11 Å². The molecule has 0 aliphatic carbocycles. The number of rotatable bonds is 5. The zero-order valence-corrected chi connectivity index (χ0v) is 15.1. The van der Waals surface area contributed by atoms with Gasteiger partial charge in [0.1, 0.15) is 5.75 Å². The third-order valence-corrected chi connectivity index (χ3v) is 5.01. The summed E-state index contributed by atoms with van der Waals surface area (Å²) in [6, 6.07) is 15.2. The van der Waals surface area contributed by atoms with E-state index >= 15 is 0 Å². The first-order valence-corrected chi connectivity index (χ1v) is 9.00. The van der Waals surface area contributed by atoms with E-state index in [1.807, 2.05) is 0 Å². The molecule has 0 aromatic heterocycles. The summed E-state index contributed by atoms with van der Waals surface area (Å²) in [5, 5.41) is 0. The molecule has 0 saturated carbocycles. The van der Waals surface area contributed by atoms with E-state index in [-0.39, 0.29) is 0 Å². The van der Waals surface area contributed by atoms with Crippen LogP contribution in [0.5, 0.6) is 5.75 Å². The Morgan fingerprint density at radius 1 is 0.958 bits per heavy atom. The number of hydrogen-bond acceptors (Lipinski definition) is 3. The Morgan fingerprint density at radius 2 is 1.67 bits per heavy atom. The molecule has 0 amide bonds. The fourth-order valence-electron chi connectivity index (χ4n) is 3.51. The number of piperazine rings is 1. The Kier molecular flexibility index (Phi) is 5.41. The molecule has 3 rings (SSSR count). The van der Waals surface area contributed by atoms with Crippen molar-refractivity contribution in [2.24, 2.45) is 0 Å². The monoisotopic (exact) mass is 324 g/mol. The van der Waals surface area contributed by atoms with Crippen molar-refractivity contribution in [1.29, 1.82) is 0 Å². The van der Waals surface area contributed by atoms with E-state index < -0.39 is 0 Å². The van der Waals surface area contributed by atoms with E-state index in [9.17, 15) is 0 Å². The summed E-state index contributed by atoms with van der Waals surface area (Å²) in [6.07, 6.45) is 0.978. The van der Waals surface area contributed by atoms with Gasteiger partial charge in [-0.3, -0.25) is 0 Å². The molecular weight excluding hydrogens is 296 g/mol. The number of ether oxygens (including phenoxy) is 1. The van der Waals surface area contributed by atoms with Gasteiger partial charge in [-0.1, -0.05) is 44.2 Å². The number of methoxy groups -OCH3 is 1. The molecule has 3 nitrogen and oxygen atoms in total. The molecule has 0 unspecified atom stereocenters. The van der Waals surface area contributed by atoms with Crippen LogP contribution < -0.4 is 9.64 Å². The molecule has 3 heteroatoms. The Hall–Kier alpha value is -2.00. The van der Waals surface area contributed by atoms with Crippen molar-refractivity contribution >= 4 is 5.69 Å². The van der Waals surface area contributed by atoms with Gasteiger partial charge < -0.3 is 14.5 Å². The summed E-state index contributed by atoms with van der Waals surface area (Å²) < 4.78 is 5.77. The number of aryl methyl sites for hydroxylation is 1. The van der Waals surface area contributed by atoms with Gasteiger partial charge in [0.15, 0.2) is 0 Å². The number of likely N-dealkylation sites (N-methyl/N-ethyl adjacent to an activating group) is 1. The number of benzene rings is 2. The fraction of sp³-hybridized carbons (Fsp3) is 0.429. The summed E-state index contributed by atoms with van der Waals surface area (Å²) >= 11 is 0. The highest BCUT2D eigenvalue weighted by atomic mass is 16.5. The minimum atomic E-state index is 0.978. The first-order chi connectivity index (χ1) is 11.8. The quantitative estimate of drug-likeness (QED) is 0.824. The molecule has 1 fully saturated rings. The van der Waals surface area contributed by atoms with Crippen LogP contribution in [0.2, 0.25) is 0 Å². The maximum Gasteiger partial charge on any atom is 0.130 e. The molecule has 1 saturated heterocycles. The Balaban J connectivity index is 1.99. The summed E-state index contributed by atoms with van der Waals surface area (Å²) in [5.74, 6) is 1.01. The van der Waals surface area contributed by atoms with Crippen LogP contribution in [0, 0.1) is 0 Å². The van der Waals surface area contributed by atoms with Gasteiger partial charge in [-0.05, 0) is 36.2 Å². The van der Waals surface area contributed by atoms with Crippen molar-refractivity contribution in [3.05, 3.63) is 48.0 Å². The van der Waals surface area contributed by atoms with Crippen molar-refractivity contribution in [2.45, 2.75) is 20.3 Å². The van der Waals surface area contributed by atoms with Crippen LogP contribution in [-0.2, 0) is 6.42 Å². The SMILES string of the molecule is CCc1cc(N2CCN(CC)CC2)cc(-c2ccccc2)c1OC. The van der Waals surface area contributed by atoms with Crippen molar-refractivity contribution in [2.75, 3.05) is 44.7 Å². The smallest absolute Gasteiger partial charge is 0.130 e. The molecule has 1 aliphatic rings. The zero-order chi connectivity index (χ0) is 16.9. The highest BCUT2D eigenvalue weighted by Gasteiger charge is 2.19. The molecule has 0 radical (unpaired) electrons. The predicted molar refractivity (Wildman–Crippen MR) is 102 cm³/mol.